The molecule has 1 heterocycles. The maximum atomic E-state index is 11.5. The summed E-state index contributed by atoms with van der Waals surface area (Å²) in [5.74, 6) is 0. The Kier molecular flexibility index (Phi) is 4.84. The average molecular weight is 410 g/mol. The number of thioether (sulfide) groups is 1. The van der Waals surface area contributed by atoms with Gasteiger partial charge in [-0.3, -0.25) is 0 Å². The number of thiazole rings is 1. The van der Waals surface area contributed by atoms with Crippen molar-refractivity contribution < 1.29 is 5.03 Å². The summed E-state index contributed by atoms with van der Waals surface area (Å²) < 4.78 is 2.81. The van der Waals surface area contributed by atoms with Gasteiger partial charge in [-0.2, -0.15) is 0 Å². The van der Waals surface area contributed by atoms with Crippen molar-refractivity contribution in [2.45, 2.75) is 10.9 Å². The second kappa shape index (κ2) is 6.86. The molecule has 5 nitrogen and oxygen atoms in total. The second-order valence-corrected chi connectivity index (χ2v) is 7.72. The second-order valence-electron chi connectivity index (χ2n) is 4.72. The fraction of sp³-hybridized carbons (Fsp3) is 0.133. The van der Waals surface area contributed by atoms with E-state index >= 15 is 0 Å². The molecule has 1 aromatic heterocycles. The third-order valence-corrected chi connectivity index (χ3v) is 5.78. The molecule has 0 atom stereocenters. The van der Waals surface area contributed by atoms with Crippen molar-refractivity contribution in [1.29, 1.82) is 0 Å². The van der Waals surface area contributed by atoms with Gasteiger partial charge in [-0.1, -0.05) is 50.9 Å². The van der Waals surface area contributed by atoms with Crippen LogP contribution in [0.25, 0.3) is 10.2 Å². The normalized spacial score (nSPS) is 10.9. The number of nitrogens with zero attached hydrogens (tertiary/aromatic N) is 3. The molecule has 8 heteroatoms. The van der Waals surface area contributed by atoms with Gasteiger partial charge in [0.2, 0.25) is 0 Å². The molecule has 0 aliphatic carbocycles. The van der Waals surface area contributed by atoms with Crippen LogP contribution in [0.15, 0.2) is 51.3 Å². The van der Waals surface area contributed by atoms with Gasteiger partial charge in [0, 0.05) is 10.0 Å². The average Bonchev–Trinajstić information content (AvgIpc) is 2.96. The molecule has 3 rings (SSSR count). The van der Waals surface area contributed by atoms with Gasteiger partial charge in [0.15, 0.2) is 9.37 Å². The van der Waals surface area contributed by atoms with E-state index in [4.69, 9.17) is 0 Å². The summed E-state index contributed by atoms with van der Waals surface area (Å²) in [6.45, 7) is 0.165. The minimum atomic E-state index is -0.386. The van der Waals surface area contributed by atoms with Crippen LogP contribution in [0.1, 0.15) is 5.56 Å². The van der Waals surface area contributed by atoms with Crippen LogP contribution in [-0.4, -0.2) is 16.3 Å². The number of hydrogen-bond donors (Lipinski definition) is 0. The van der Waals surface area contributed by atoms with Crippen LogP contribution >= 0.6 is 39.0 Å². The van der Waals surface area contributed by atoms with Crippen molar-refractivity contribution in [3.05, 3.63) is 62.6 Å². The molecular formula is C15H12BrN3O2S2. The summed E-state index contributed by atoms with van der Waals surface area (Å²) in [4.78, 5) is 16.1. The zero-order valence-electron chi connectivity index (χ0n) is 12.1. The van der Waals surface area contributed by atoms with Gasteiger partial charge in [-0.15, -0.1) is 11.3 Å². The highest BCUT2D eigenvalue weighted by atomic mass is 79.9. The van der Waals surface area contributed by atoms with E-state index in [9.17, 15) is 10.1 Å². The Hall–Kier alpha value is -1.64. The van der Waals surface area contributed by atoms with E-state index in [0.717, 1.165) is 29.6 Å². The summed E-state index contributed by atoms with van der Waals surface area (Å²) in [6.07, 6.45) is 1.97. The highest BCUT2D eigenvalue weighted by Crippen LogP contribution is 2.31. The van der Waals surface area contributed by atoms with Gasteiger partial charge in [0.25, 0.3) is 0 Å². The van der Waals surface area contributed by atoms with Gasteiger partial charge in [-0.25, -0.2) is 15.1 Å². The number of benzene rings is 2. The smallest absolute Gasteiger partial charge is 0.165 e. The molecule has 0 bridgehead atoms. The topological polar surface area (TPSA) is 59.3 Å². The van der Waals surface area contributed by atoms with Crippen molar-refractivity contribution in [3.63, 3.8) is 0 Å². The van der Waals surface area contributed by atoms with E-state index in [1.807, 2.05) is 30.5 Å². The maximum Gasteiger partial charge on any atom is 0.165 e. The molecule has 0 saturated carbocycles. The Bertz CT molecular complexity index is 869. The number of fused-ring (bicyclic) bond motifs is 1. The van der Waals surface area contributed by atoms with E-state index < -0.39 is 0 Å². The fourth-order valence-corrected chi connectivity index (χ4v) is 4.16. The largest absolute Gasteiger partial charge is 0.234 e. The summed E-state index contributed by atoms with van der Waals surface area (Å²) >= 11 is 6.54. The summed E-state index contributed by atoms with van der Waals surface area (Å²) in [5.41, 5.74) is 2.21. The van der Waals surface area contributed by atoms with Crippen LogP contribution in [0.3, 0.4) is 0 Å². The molecule has 0 saturated heterocycles. The first kappa shape index (κ1) is 16.2. The van der Waals surface area contributed by atoms with Crippen molar-refractivity contribution in [2.24, 2.45) is 0 Å². The Morgan fingerprint density at radius 1 is 1.35 bits per heavy atom. The van der Waals surface area contributed by atoms with Crippen LogP contribution in [0.5, 0.6) is 0 Å². The quantitative estimate of drug-likeness (QED) is 0.337. The molecule has 0 fully saturated rings. The van der Waals surface area contributed by atoms with Crippen molar-refractivity contribution >= 4 is 54.9 Å². The lowest BCUT2D eigenvalue weighted by molar-refractivity contribution is -0.496. The van der Waals surface area contributed by atoms with Crippen molar-refractivity contribution in [2.75, 3.05) is 11.3 Å². The first-order valence-electron chi connectivity index (χ1n) is 6.68. The van der Waals surface area contributed by atoms with Crippen molar-refractivity contribution in [1.82, 2.24) is 4.98 Å². The molecule has 0 unspecified atom stereocenters. The van der Waals surface area contributed by atoms with Crippen LogP contribution in [0.2, 0.25) is 0 Å². The summed E-state index contributed by atoms with van der Waals surface area (Å²) in [7, 11) is 0. The predicted octanol–water partition coefficient (Wildman–Crippen LogP) is 4.98. The molecule has 3 aromatic rings. The van der Waals surface area contributed by atoms with E-state index in [-0.39, 0.29) is 11.6 Å². The number of rotatable bonds is 5. The third-order valence-electron chi connectivity index (χ3n) is 3.28. The lowest BCUT2D eigenvalue weighted by Gasteiger charge is -2.14. The maximum absolute atomic E-state index is 11.5. The number of hydrogen-bond acceptors (Lipinski definition) is 5. The number of para-hydroxylation sites is 1. The van der Waals surface area contributed by atoms with Gasteiger partial charge in [0.1, 0.15) is 12.2 Å². The lowest BCUT2D eigenvalue weighted by atomic mass is 10.2. The zero-order chi connectivity index (χ0) is 16.4. The zero-order valence-corrected chi connectivity index (χ0v) is 15.3. The minimum absolute atomic E-state index is 0.165. The Labute approximate surface area is 149 Å². The van der Waals surface area contributed by atoms with E-state index in [2.05, 4.69) is 20.9 Å². The first-order chi connectivity index (χ1) is 11.1. The molecule has 0 N–H and O–H groups in total. The summed E-state index contributed by atoms with van der Waals surface area (Å²) in [5, 5.41) is 12.3. The van der Waals surface area contributed by atoms with Gasteiger partial charge >= 0.3 is 0 Å². The molecule has 0 aliphatic rings. The van der Waals surface area contributed by atoms with E-state index in [0.29, 0.717) is 5.69 Å². The summed E-state index contributed by atoms with van der Waals surface area (Å²) in [6, 6.07) is 12.9. The lowest BCUT2D eigenvalue weighted by Crippen LogP contribution is -2.29. The Morgan fingerprint density at radius 3 is 2.83 bits per heavy atom. The molecule has 0 aliphatic heterocycles. The van der Waals surface area contributed by atoms with Crippen LogP contribution in [0.4, 0.5) is 5.69 Å². The van der Waals surface area contributed by atoms with E-state index in [1.54, 1.807) is 41.3 Å². The highest BCUT2D eigenvalue weighted by Gasteiger charge is 2.20. The first-order valence-corrected chi connectivity index (χ1v) is 9.51. The standard InChI is InChI=1S/C15H12BrN3O2S2/c1-22-15-17-14-10(4-2-7-13(14)23-15)9-18(19(20)21)12-6-3-5-11(16)8-12/h2-8H,9H2,1H3. The highest BCUT2D eigenvalue weighted by molar-refractivity contribution is 9.10. The number of anilines is 1. The molecule has 0 radical (unpaired) electrons. The molecule has 0 amide bonds. The van der Waals surface area contributed by atoms with Crippen LogP contribution in [0, 0.1) is 10.1 Å². The number of halogens is 1. The van der Waals surface area contributed by atoms with Crippen LogP contribution < -0.4 is 5.01 Å². The van der Waals surface area contributed by atoms with Gasteiger partial charge in [0.05, 0.1) is 10.2 Å². The van der Waals surface area contributed by atoms with Crippen molar-refractivity contribution in [3.8, 4) is 0 Å². The van der Waals surface area contributed by atoms with Gasteiger partial charge in [-0.05, 0) is 30.5 Å². The number of aromatic nitrogens is 1. The minimum Gasteiger partial charge on any atom is -0.234 e. The molecular weight excluding hydrogens is 398 g/mol. The predicted molar refractivity (Wildman–Crippen MR) is 98.7 cm³/mol. The van der Waals surface area contributed by atoms with Crippen LogP contribution in [-0.2, 0) is 6.54 Å². The van der Waals surface area contributed by atoms with E-state index in [1.165, 1.54) is 0 Å². The number of nitro groups is 1. The fourth-order valence-electron chi connectivity index (χ4n) is 2.24. The Morgan fingerprint density at radius 2 is 2.13 bits per heavy atom. The monoisotopic (exact) mass is 409 g/mol. The molecule has 23 heavy (non-hydrogen) atoms. The molecule has 118 valence electrons. The molecule has 2 aromatic carbocycles. The number of hydrazine groups is 1. The van der Waals surface area contributed by atoms with Gasteiger partial charge < -0.3 is 0 Å². The molecule has 0 spiro atoms. The SMILES string of the molecule is CSc1nc2c(CN(c3cccc(Br)c3)[N+](=O)[O-])cccc2s1. The Balaban J connectivity index is 2.01. The third kappa shape index (κ3) is 3.49.